The van der Waals surface area contributed by atoms with Gasteiger partial charge in [-0.3, -0.25) is 0 Å². The van der Waals surface area contributed by atoms with Crippen molar-refractivity contribution in [3.63, 3.8) is 0 Å². The highest BCUT2D eigenvalue weighted by atomic mass is 35.5. The van der Waals surface area contributed by atoms with Gasteiger partial charge in [-0.2, -0.15) is 0 Å². The van der Waals surface area contributed by atoms with Gasteiger partial charge in [0.2, 0.25) is 0 Å². The highest BCUT2D eigenvalue weighted by molar-refractivity contribution is 7.26. The van der Waals surface area contributed by atoms with Gasteiger partial charge in [-0.15, -0.1) is 0 Å². The first-order valence-electron chi connectivity index (χ1n) is 4.14. The van der Waals surface area contributed by atoms with Crippen LogP contribution in [0.4, 0.5) is 0 Å². The van der Waals surface area contributed by atoms with Gasteiger partial charge in [0.1, 0.15) is 0 Å². The topological polar surface area (TPSA) is 18.5 Å². The first-order chi connectivity index (χ1) is 6.36. The summed E-state index contributed by atoms with van der Waals surface area (Å²) in [5.74, 6) is 0. The van der Waals surface area contributed by atoms with Gasteiger partial charge in [0, 0.05) is 11.4 Å². The Morgan fingerprint density at radius 3 is 3.08 bits per heavy atom. The minimum atomic E-state index is 0.158. The maximum Gasteiger partial charge on any atom is 0.155 e. The van der Waals surface area contributed by atoms with Crippen LogP contribution in [-0.4, -0.2) is 6.61 Å². The quantitative estimate of drug-likeness (QED) is 0.671. The summed E-state index contributed by atoms with van der Waals surface area (Å²) in [4.78, 5) is 0. The predicted octanol–water partition coefficient (Wildman–Crippen LogP) is 3.33. The van der Waals surface area contributed by atoms with Crippen LogP contribution in [0.25, 0.3) is 0 Å². The first kappa shape index (κ1) is 9.42. The van der Waals surface area contributed by atoms with Crippen LogP contribution in [-0.2, 0) is 9.05 Å². The average molecular weight is 217 g/mol. The van der Waals surface area contributed by atoms with Crippen molar-refractivity contribution >= 4 is 20.6 Å². The summed E-state index contributed by atoms with van der Waals surface area (Å²) in [7, 11) is 0.161. The van der Waals surface area contributed by atoms with E-state index in [9.17, 15) is 0 Å². The molecule has 1 aliphatic heterocycles. The molecule has 0 N–H and O–H groups in total. The number of hydrogen-bond acceptors (Lipinski definition) is 2. The van der Waals surface area contributed by atoms with Crippen LogP contribution >= 0.6 is 20.6 Å². The molecule has 2 nitrogen and oxygen atoms in total. The van der Waals surface area contributed by atoms with Crippen molar-refractivity contribution in [1.29, 1.82) is 0 Å². The van der Waals surface area contributed by atoms with E-state index in [2.05, 4.69) is 0 Å². The Hall–Kier alpha value is -0.140. The van der Waals surface area contributed by atoms with Crippen LogP contribution in [0.15, 0.2) is 24.3 Å². The maximum atomic E-state index is 5.88. The third-order valence-electron chi connectivity index (χ3n) is 1.95. The van der Waals surface area contributed by atoms with E-state index >= 15 is 0 Å². The van der Waals surface area contributed by atoms with Crippen molar-refractivity contribution in [2.75, 3.05) is 6.61 Å². The fourth-order valence-electron chi connectivity index (χ4n) is 1.30. The molecule has 2 rings (SSSR count). The Morgan fingerprint density at radius 2 is 2.38 bits per heavy atom. The summed E-state index contributed by atoms with van der Waals surface area (Å²) in [6.45, 7) is 0.773. The summed E-state index contributed by atoms with van der Waals surface area (Å²) in [5.41, 5.74) is 1.14. The lowest BCUT2D eigenvalue weighted by Gasteiger charge is -2.22. The molecular formula is C9H10ClO2P. The van der Waals surface area contributed by atoms with Gasteiger partial charge >= 0.3 is 0 Å². The van der Waals surface area contributed by atoms with E-state index in [0.29, 0.717) is 0 Å². The molecule has 13 heavy (non-hydrogen) atoms. The van der Waals surface area contributed by atoms with E-state index < -0.39 is 0 Å². The van der Waals surface area contributed by atoms with E-state index in [1.807, 2.05) is 24.3 Å². The van der Waals surface area contributed by atoms with Crippen LogP contribution in [0.1, 0.15) is 18.1 Å². The molecule has 1 aromatic carbocycles. The van der Waals surface area contributed by atoms with Crippen molar-refractivity contribution in [1.82, 2.24) is 0 Å². The second kappa shape index (κ2) is 4.39. The van der Waals surface area contributed by atoms with Gasteiger partial charge in [0.25, 0.3) is 0 Å². The van der Waals surface area contributed by atoms with Gasteiger partial charge in [-0.25, -0.2) is 0 Å². The Labute approximate surface area is 84.1 Å². The van der Waals surface area contributed by atoms with Gasteiger partial charge in [-0.1, -0.05) is 23.7 Å². The zero-order valence-electron chi connectivity index (χ0n) is 7.00. The van der Waals surface area contributed by atoms with E-state index in [-0.39, 0.29) is 15.1 Å². The summed E-state index contributed by atoms with van der Waals surface area (Å²) >= 11 is 5.88. The van der Waals surface area contributed by atoms with Crippen molar-refractivity contribution < 1.29 is 9.05 Å². The van der Waals surface area contributed by atoms with Gasteiger partial charge in [0.15, 0.2) is 9.03 Å². The Morgan fingerprint density at radius 1 is 1.46 bits per heavy atom. The molecule has 0 aromatic heterocycles. The second-order valence-electron chi connectivity index (χ2n) is 2.88. The van der Waals surface area contributed by atoms with E-state index in [1.54, 1.807) is 0 Å². The van der Waals surface area contributed by atoms with Gasteiger partial charge < -0.3 is 9.05 Å². The molecule has 0 saturated carbocycles. The Kier molecular flexibility index (Phi) is 3.18. The Balaban J connectivity index is 2.14. The molecule has 0 aliphatic carbocycles. The molecule has 4 heteroatoms. The number of benzene rings is 1. The van der Waals surface area contributed by atoms with Gasteiger partial charge in [0.05, 0.1) is 12.7 Å². The van der Waals surface area contributed by atoms with Crippen molar-refractivity contribution in [2.24, 2.45) is 0 Å². The van der Waals surface area contributed by atoms with Crippen LogP contribution in [0.5, 0.6) is 0 Å². The third kappa shape index (κ3) is 2.41. The molecule has 0 bridgehead atoms. The summed E-state index contributed by atoms with van der Waals surface area (Å²) in [6, 6.07) is 7.79. The molecule has 70 valence electrons. The maximum absolute atomic E-state index is 5.88. The lowest BCUT2D eigenvalue weighted by Crippen LogP contribution is -2.07. The smallest absolute Gasteiger partial charge is 0.155 e. The molecule has 1 aliphatic rings. The van der Waals surface area contributed by atoms with Crippen molar-refractivity contribution in [3.8, 4) is 0 Å². The molecule has 0 spiro atoms. The minimum absolute atomic E-state index is 0.158. The fourth-order valence-corrected chi connectivity index (χ4v) is 2.14. The molecular weight excluding hydrogens is 207 g/mol. The third-order valence-corrected chi connectivity index (χ3v) is 2.89. The fraction of sp³-hybridized carbons (Fsp3) is 0.333. The Bertz CT molecular complexity index is 287. The largest absolute Gasteiger partial charge is 0.336 e. The molecule has 1 fully saturated rings. The van der Waals surface area contributed by atoms with Crippen molar-refractivity contribution in [2.45, 2.75) is 12.5 Å². The molecule has 0 radical (unpaired) electrons. The number of hydrogen-bond donors (Lipinski definition) is 0. The highest BCUT2D eigenvalue weighted by Crippen LogP contribution is 2.35. The summed E-state index contributed by atoms with van der Waals surface area (Å²) < 4.78 is 10.6. The molecule has 1 saturated heterocycles. The van der Waals surface area contributed by atoms with Gasteiger partial charge in [-0.05, 0) is 17.7 Å². The van der Waals surface area contributed by atoms with Crippen LogP contribution in [0, 0.1) is 0 Å². The van der Waals surface area contributed by atoms with Crippen LogP contribution in [0.3, 0.4) is 0 Å². The average Bonchev–Trinajstić information content (AvgIpc) is 2.19. The number of halogens is 1. The number of rotatable bonds is 1. The molecule has 1 aromatic rings. The SMILES string of the molecule is Clc1cccc([C@@H]2CCOPO2)c1. The van der Waals surface area contributed by atoms with Crippen LogP contribution in [0.2, 0.25) is 5.02 Å². The lowest BCUT2D eigenvalue weighted by molar-refractivity contribution is 0.121. The minimum Gasteiger partial charge on any atom is -0.336 e. The lowest BCUT2D eigenvalue weighted by atomic mass is 10.1. The molecule has 1 heterocycles. The van der Waals surface area contributed by atoms with E-state index in [1.165, 1.54) is 0 Å². The predicted molar refractivity (Wildman–Crippen MR) is 54.2 cm³/mol. The normalized spacial score (nSPS) is 24.8. The molecule has 0 amide bonds. The molecule has 1 unspecified atom stereocenters. The zero-order chi connectivity index (χ0) is 9.10. The van der Waals surface area contributed by atoms with E-state index in [0.717, 1.165) is 23.6 Å². The highest BCUT2D eigenvalue weighted by Gasteiger charge is 2.16. The van der Waals surface area contributed by atoms with Crippen molar-refractivity contribution in [3.05, 3.63) is 34.9 Å². The summed E-state index contributed by atoms with van der Waals surface area (Å²) in [5, 5.41) is 0.760. The van der Waals surface area contributed by atoms with E-state index in [4.69, 9.17) is 20.6 Å². The summed E-state index contributed by atoms with van der Waals surface area (Å²) in [6.07, 6.45) is 1.07. The molecule has 2 atom stereocenters. The second-order valence-corrected chi connectivity index (χ2v) is 4.01. The first-order valence-corrected chi connectivity index (χ1v) is 5.33. The standard InChI is InChI=1S/C9H10ClO2P/c10-8-3-1-2-7(6-8)9-4-5-11-13-12-9/h1-3,6,9,13H,4-5H2/t9-/m0/s1. The monoisotopic (exact) mass is 216 g/mol. The zero-order valence-corrected chi connectivity index (χ0v) is 8.75. The van der Waals surface area contributed by atoms with Crippen LogP contribution < -0.4 is 0 Å².